The van der Waals surface area contributed by atoms with Crippen molar-refractivity contribution in [3.8, 4) is 17.1 Å². The molecule has 5 aromatic carbocycles. The summed E-state index contributed by atoms with van der Waals surface area (Å²) < 4.78 is 8.58. The van der Waals surface area contributed by atoms with E-state index in [0.717, 1.165) is 50.0 Å². The van der Waals surface area contributed by atoms with Crippen LogP contribution in [0.15, 0.2) is 114 Å². The lowest BCUT2D eigenvalue weighted by atomic mass is 10.1. The summed E-state index contributed by atoms with van der Waals surface area (Å²) in [6.07, 6.45) is 0. The first-order chi connectivity index (χ1) is 15.9. The highest BCUT2D eigenvalue weighted by Gasteiger charge is 2.19. The minimum absolute atomic E-state index is 0.867. The monoisotopic (exact) mass is 410 g/mol. The Morgan fingerprint density at radius 1 is 0.625 bits per heavy atom. The first-order valence-electron chi connectivity index (χ1n) is 10.7. The van der Waals surface area contributed by atoms with Crippen molar-refractivity contribution in [1.29, 1.82) is 0 Å². The molecule has 7 rings (SSSR count). The largest absolute Gasteiger partial charge is 0.455 e. The lowest BCUT2D eigenvalue weighted by Gasteiger charge is -2.11. The number of rotatable bonds is 2. The third-order valence-electron chi connectivity index (χ3n) is 6.20. The molecule has 0 N–H and O–H groups in total. The van der Waals surface area contributed by atoms with Crippen molar-refractivity contribution in [1.82, 2.24) is 9.55 Å². The van der Waals surface area contributed by atoms with Gasteiger partial charge in [0.15, 0.2) is 0 Å². The quantitative estimate of drug-likeness (QED) is 0.292. The second kappa shape index (κ2) is 6.56. The number of furan rings is 1. The molecule has 0 atom stereocenters. The Kier molecular flexibility index (Phi) is 3.55. The van der Waals surface area contributed by atoms with Gasteiger partial charge in [-0.05, 0) is 47.2 Å². The molecule has 0 saturated carbocycles. The number of benzene rings is 5. The molecule has 0 aliphatic carbocycles. The Morgan fingerprint density at radius 3 is 2.38 bits per heavy atom. The molecular weight excluding hydrogens is 392 g/mol. The van der Waals surface area contributed by atoms with Crippen LogP contribution in [0.25, 0.3) is 60.8 Å². The van der Waals surface area contributed by atoms with E-state index in [1.165, 1.54) is 10.8 Å². The number of fused-ring (bicyclic) bond motifs is 5. The summed E-state index contributed by atoms with van der Waals surface area (Å²) in [5, 5.41) is 4.66. The van der Waals surface area contributed by atoms with Gasteiger partial charge >= 0.3 is 0 Å². The van der Waals surface area contributed by atoms with E-state index in [2.05, 4.69) is 89.5 Å². The summed E-state index contributed by atoms with van der Waals surface area (Å²) in [4.78, 5) is 5.06. The fraction of sp³-hybridized carbons (Fsp3) is 0. The summed E-state index contributed by atoms with van der Waals surface area (Å²) in [5.41, 5.74) is 5.87. The first-order valence-corrected chi connectivity index (χ1v) is 10.7. The van der Waals surface area contributed by atoms with Crippen LogP contribution in [0.2, 0.25) is 0 Å². The highest BCUT2D eigenvalue weighted by atomic mass is 16.3. The van der Waals surface area contributed by atoms with Crippen LogP contribution >= 0.6 is 0 Å². The van der Waals surface area contributed by atoms with Crippen LogP contribution in [0, 0.1) is 0 Å². The smallest absolute Gasteiger partial charge is 0.149 e. The van der Waals surface area contributed by atoms with E-state index in [0.29, 0.717) is 0 Å². The molecule has 3 heteroatoms. The van der Waals surface area contributed by atoms with Crippen LogP contribution in [-0.2, 0) is 0 Å². The predicted octanol–water partition coefficient (Wildman–Crippen LogP) is 7.75. The van der Waals surface area contributed by atoms with Gasteiger partial charge in [-0.3, -0.25) is 4.57 Å². The molecule has 0 aliphatic heterocycles. The van der Waals surface area contributed by atoms with Crippen molar-refractivity contribution >= 4 is 43.7 Å². The van der Waals surface area contributed by atoms with Crippen LogP contribution in [0.1, 0.15) is 0 Å². The van der Waals surface area contributed by atoms with Gasteiger partial charge in [-0.2, -0.15) is 0 Å². The highest BCUT2D eigenvalue weighted by Crippen LogP contribution is 2.37. The van der Waals surface area contributed by atoms with Crippen molar-refractivity contribution in [2.45, 2.75) is 0 Å². The van der Waals surface area contributed by atoms with E-state index in [9.17, 15) is 0 Å². The maximum atomic E-state index is 6.34. The van der Waals surface area contributed by atoms with Gasteiger partial charge in [0.05, 0.1) is 16.6 Å². The number of para-hydroxylation sites is 4. The van der Waals surface area contributed by atoms with Crippen molar-refractivity contribution in [3.63, 3.8) is 0 Å². The Labute approximate surface area is 184 Å². The van der Waals surface area contributed by atoms with Crippen molar-refractivity contribution in [2.24, 2.45) is 0 Å². The molecule has 0 bridgehead atoms. The summed E-state index contributed by atoms with van der Waals surface area (Å²) in [5.74, 6) is 0.881. The Morgan fingerprint density at radius 2 is 1.41 bits per heavy atom. The second-order valence-electron chi connectivity index (χ2n) is 8.07. The van der Waals surface area contributed by atoms with Gasteiger partial charge in [0.2, 0.25) is 0 Å². The molecule has 0 aliphatic rings. The standard InChI is InChI=1S/C29H18N2O/c1-2-9-20-18-21(17-16-19(20)8-1)31-26-14-5-4-13-25(26)30-29(31)24-12-7-11-23-22-10-3-6-15-27(22)32-28(23)24/h1-18H. The SMILES string of the molecule is c1ccc2cc(-n3c(-c4cccc5c4oc4ccccc45)nc4ccccc43)ccc2c1. The molecule has 7 aromatic rings. The normalized spacial score (nSPS) is 11.8. The maximum Gasteiger partial charge on any atom is 0.149 e. The molecule has 0 radical (unpaired) electrons. The number of aromatic nitrogens is 2. The summed E-state index contributed by atoms with van der Waals surface area (Å²) in [6.45, 7) is 0. The van der Waals surface area contributed by atoms with E-state index in [4.69, 9.17) is 9.40 Å². The number of hydrogen-bond donors (Lipinski definition) is 0. The third-order valence-corrected chi connectivity index (χ3v) is 6.20. The molecule has 150 valence electrons. The summed E-state index contributed by atoms with van der Waals surface area (Å²) >= 11 is 0. The fourth-order valence-electron chi connectivity index (χ4n) is 4.71. The topological polar surface area (TPSA) is 31.0 Å². The highest BCUT2D eigenvalue weighted by molar-refractivity contribution is 6.09. The van der Waals surface area contributed by atoms with Crippen LogP contribution in [0.5, 0.6) is 0 Å². The maximum absolute atomic E-state index is 6.34. The van der Waals surface area contributed by atoms with Gasteiger partial charge in [0.1, 0.15) is 17.0 Å². The van der Waals surface area contributed by atoms with Crippen molar-refractivity contribution < 1.29 is 4.42 Å². The minimum Gasteiger partial charge on any atom is -0.455 e. The van der Waals surface area contributed by atoms with Gasteiger partial charge < -0.3 is 4.42 Å². The average molecular weight is 410 g/mol. The van der Waals surface area contributed by atoms with E-state index >= 15 is 0 Å². The zero-order valence-corrected chi connectivity index (χ0v) is 17.2. The fourth-order valence-corrected chi connectivity index (χ4v) is 4.71. The van der Waals surface area contributed by atoms with E-state index in [1.54, 1.807) is 0 Å². The summed E-state index contributed by atoms with van der Waals surface area (Å²) in [6, 6.07) is 37.8. The molecule has 2 aromatic heterocycles. The van der Waals surface area contributed by atoms with Gasteiger partial charge in [0, 0.05) is 16.5 Å². The van der Waals surface area contributed by atoms with Crippen LogP contribution in [-0.4, -0.2) is 9.55 Å². The molecule has 2 heterocycles. The molecule has 0 amide bonds. The molecule has 3 nitrogen and oxygen atoms in total. The van der Waals surface area contributed by atoms with Crippen LogP contribution in [0.4, 0.5) is 0 Å². The van der Waals surface area contributed by atoms with Gasteiger partial charge in [-0.15, -0.1) is 0 Å². The third kappa shape index (κ3) is 2.45. The summed E-state index contributed by atoms with van der Waals surface area (Å²) in [7, 11) is 0. The van der Waals surface area contributed by atoms with Gasteiger partial charge in [-0.1, -0.05) is 72.8 Å². The predicted molar refractivity (Wildman–Crippen MR) is 131 cm³/mol. The number of nitrogens with zero attached hydrogens (tertiary/aromatic N) is 2. The van der Waals surface area contributed by atoms with E-state index in [1.807, 2.05) is 24.3 Å². The average Bonchev–Trinajstić information content (AvgIpc) is 3.42. The Balaban J connectivity index is 1.58. The molecule has 0 spiro atoms. The zero-order chi connectivity index (χ0) is 21.1. The van der Waals surface area contributed by atoms with Crippen molar-refractivity contribution in [2.75, 3.05) is 0 Å². The van der Waals surface area contributed by atoms with Gasteiger partial charge in [-0.25, -0.2) is 4.98 Å². The van der Waals surface area contributed by atoms with E-state index < -0.39 is 0 Å². The van der Waals surface area contributed by atoms with Crippen LogP contribution < -0.4 is 0 Å². The molecule has 0 unspecified atom stereocenters. The lowest BCUT2D eigenvalue weighted by molar-refractivity contribution is 0.669. The minimum atomic E-state index is 0.867. The van der Waals surface area contributed by atoms with Gasteiger partial charge in [0.25, 0.3) is 0 Å². The molecule has 0 fully saturated rings. The number of hydrogen-bond acceptors (Lipinski definition) is 2. The first kappa shape index (κ1) is 17.3. The second-order valence-corrected chi connectivity index (χ2v) is 8.07. The zero-order valence-electron chi connectivity index (χ0n) is 17.2. The Hall–Kier alpha value is -4.37. The lowest BCUT2D eigenvalue weighted by Crippen LogP contribution is -1.98. The molecule has 0 saturated heterocycles. The van der Waals surface area contributed by atoms with E-state index in [-0.39, 0.29) is 0 Å². The molecular formula is C29H18N2O. The van der Waals surface area contributed by atoms with Crippen LogP contribution in [0.3, 0.4) is 0 Å². The molecule has 32 heavy (non-hydrogen) atoms. The Bertz CT molecular complexity index is 1790. The number of imidazole rings is 1. The van der Waals surface area contributed by atoms with Crippen molar-refractivity contribution in [3.05, 3.63) is 109 Å².